The number of carbonyl (C=O) groups is 1. The van der Waals surface area contributed by atoms with Gasteiger partial charge in [-0.3, -0.25) is 14.9 Å². The van der Waals surface area contributed by atoms with Gasteiger partial charge in [0.15, 0.2) is 0 Å². The Morgan fingerprint density at radius 3 is 2.72 bits per heavy atom. The van der Waals surface area contributed by atoms with E-state index in [1.807, 2.05) is 22.9 Å². The summed E-state index contributed by atoms with van der Waals surface area (Å²) in [5.74, 6) is -0.218. The van der Waals surface area contributed by atoms with E-state index < -0.39 is 10.8 Å². The van der Waals surface area contributed by atoms with E-state index in [1.165, 1.54) is 29.7 Å². The number of hydrazone groups is 1. The minimum Gasteiger partial charge on any atom is -0.508 e. The molecule has 0 fully saturated rings. The predicted octanol–water partition coefficient (Wildman–Crippen LogP) is 4.07. The van der Waals surface area contributed by atoms with Gasteiger partial charge in [0, 0.05) is 34.1 Å². The van der Waals surface area contributed by atoms with Gasteiger partial charge in [-0.2, -0.15) is 5.10 Å². The Morgan fingerprint density at radius 2 is 1.97 bits per heavy atom. The van der Waals surface area contributed by atoms with Crippen LogP contribution in [-0.4, -0.2) is 26.7 Å². The highest BCUT2D eigenvalue weighted by molar-refractivity contribution is 7.20. The number of fused-ring (bicyclic) bond motifs is 1. The molecule has 8 nitrogen and oxygen atoms in total. The lowest BCUT2D eigenvalue weighted by molar-refractivity contribution is -0.384. The van der Waals surface area contributed by atoms with Crippen molar-refractivity contribution in [2.45, 2.75) is 0 Å². The first-order valence-corrected chi connectivity index (χ1v) is 9.31. The van der Waals surface area contributed by atoms with Crippen molar-refractivity contribution in [3.63, 3.8) is 0 Å². The molecule has 0 bridgehead atoms. The van der Waals surface area contributed by atoms with Gasteiger partial charge in [0.1, 0.15) is 5.75 Å². The molecule has 2 N–H and O–H groups in total. The molecule has 1 amide bonds. The van der Waals surface area contributed by atoms with Crippen molar-refractivity contribution >= 4 is 39.2 Å². The quantitative estimate of drug-likeness (QED) is 0.296. The van der Waals surface area contributed by atoms with Crippen molar-refractivity contribution in [3.05, 3.63) is 87.5 Å². The third-order valence-electron chi connectivity index (χ3n) is 4.21. The number of nitro benzene ring substituents is 1. The van der Waals surface area contributed by atoms with E-state index in [0.29, 0.717) is 10.3 Å². The zero-order chi connectivity index (χ0) is 20.4. The third kappa shape index (κ3) is 3.85. The van der Waals surface area contributed by atoms with Crippen molar-refractivity contribution in [3.8, 4) is 11.4 Å². The summed E-state index contributed by atoms with van der Waals surface area (Å²) in [7, 11) is 0. The normalized spacial score (nSPS) is 11.2. The lowest BCUT2D eigenvalue weighted by Gasteiger charge is -2.06. The maximum atomic E-state index is 12.4. The van der Waals surface area contributed by atoms with Gasteiger partial charge in [-0.1, -0.05) is 0 Å². The van der Waals surface area contributed by atoms with Gasteiger partial charge in [-0.25, -0.2) is 5.43 Å². The second-order valence-electron chi connectivity index (χ2n) is 6.11. The van der Waals surface area contributed by atoms with Gasteiger partial charge in [0.25, 0.3) is 11.6 Å². The van der Waals surface area contributed by atoms with E-state index in [9.17, 15) is 20.0 Å². The summed E-state index contributed by atoms with van der Waals surface area (Å²) in [6, 6.07) is 16.5. The first-order chi connectivity index (χ1) is 14.0. The molecule has 0 saturated heterocycles. The summed E-state index contributed by atoms with van der Waals surface area (Å²) < 4.78 is 2.64. The number of nitro groups is 1. The number of aromatic nitrogens is 1. The minimum atomic E-state index is -0.468. The van der Waals surface area contributed by atoms with E-state index in [1.54, 1.807) is 36.4 Å². The first-order valence-electron chi connectivity index (χ1n) is 8.49. The van der Waals surface area contributed by atoms with Gasteiger partial charge >= 0.3 is 0 Å². The molecule has 2 heterocycles. The number of aromatic hydroxyl groups is 1. The summed E-state index contributed by atoms with van der Waals surface area (Å²) in [5, 5.41) is 24.9. The van der Waals surface area contributed by atoms with Crippen LogP contribution >= 0.6 is 11.3 Å². The molecule has 0 unspecified atom stereocenters. The molecule has 4 aromatic rings. The molecule has 29 heavy (non-hydrogen) atoms. The molecule has 0 radical (unpaired) electrons. The van der Waals surface area contributed by atoms with Crippen LogP contribution in [0.1, 0.15) is 15.4 Å². The van der Waals surface area contributed by atoms with Crippen molar-refractivity contribution in [1.29, 1.82) is 0 Å². The highest BCUT2D eigenvalue weighted by atomic mass is 32.1. The molecule has 0 saturated carbocycles. The summed E-state index contributed by atoms with van der Waals surface area (Å²) in [5.41, 5.74) is 4.04. The van der Waals surface area contributed by atoms with Crippen LogP contribution in [0.5, 0.6) is 5.75 Å². The van der Waals surface area contributed by atoms with Gasteiger partial charge < -0.3 is 9.67 Å². The lowest BCUT2D eigenvalue weighted by atomic mass is 10.2. The molecule has 144 valence electrons. The molecule has 0 aliphatic carbocycles. The van der Waals surface area contributed by atoms with Crippen molar-refractivity contribution < 1.29 is 14.8 Å². The standard InChI is InChI=1S/C20H14N4O4S/c25-17-6-3-14(4-7-17)23-9-1-2-16(23)12-21-22-20(26)19-11-13-10-15(24(27)28)5-8-18(13)29-19/h1-12,25H,(H,22,26)/b21-12-. The topological polar surface area (TPSA) is 110 Å². The Bertz CT molecular complexity index is 1240. The second kappa shape index (κ2) is 7.56. The summed E-state index contributed by atoms with van der Waals surface area (Å²) in [6.45, 7) is 0. The number of rotatable bonds is 5. The van der Waals surface area contributed by atoms with Crippen LogP contribution in [0.4, 0.5) is 5.69 Å². The number of hydrogen-bond donors (Lipinski definition) is 2. The van der Waals surface area contributed by atoms with Crippen LogP contribution in [-0.2, 0) is 0 Å². The van der Waals surface area contributed by atoms with Crippen LogP contribution in [0.15, 0.2) is 72.0 Å². The molecule has 2 aromatic heterocycles. The number of phenols is 1. The van der Waals surface area contributed by atoms with E-state index >= 15 is 0 Å². The van der Waals surface area contributed by atoms with Gasteiger partial charge in [0.05, 0.1) is 21.7 Å². The smallest absolute Gasteiger partial charge is 0.281 e. The van der Waals surface area contributed by atoms with Crippen molar-refractivity contribution in [2.75, 3.05) is 0 Å². The number of carbonyl (C=O) groups excluding carboxylic acids is 1. The molecule has 0 aliphatic rings. The number of phenolic OH excluding ortho intramolecular Hbond substituents is 1. The van der Waals surface area contributed by atoms with Crippen LogP contribution in [0.25, 0.3) is 15.8 Å². The highest BCUT2D eigenvalue weighted by Gasteiger charge is 2.13. The van der Waals surface area contributed by atoms with E-state index in [4.69, 9.17) is 0 Å². The van der Waals surface area contributed by atoms with Gasteiger partial charge in [-0.05, 0) is 48.5 Å². The molecule has 9 heteroatoms. The number of thiophene rings is 1. The SMILES string of the molecule is O=C(N/N=C\c1cccn1-c1ccc(O)cc1)c1cc2cc([N+](=O)[O-])ccc2s1. The maximum Gasteiger partial charge on any atom is 0.281 e. The number of amides is 1. The zero-order valence-corrected chi connectivity index (χ0v) is 15.7. The average Bonchev–Trinajstić information content (AvgIpc) is 3.34. The van der Waals surface area contributed by atoms with E-state index in [0.717, 1.165) is 16.1 Å². The molecule has 2 aromatic carbocycles. The van der Waals surface area contributed by atoms with Crippen LogP contribution in [0.2, 0.25) is 0 Å². The lowest BCUT2D eigenvalue weighted by Crippen LogP contribution is -2.16. The fourth-order valence-electron chi connectivity index (χ4n) is 2.82. The summed E-state index contributed by atoms with van der Waals surface area (Å²) in [4.78, 5) is 23.2. The Morgan fingerprint density at radius 1 is 1.17 bits per heavy atom. The Labute approximate surface area is 168 Å². The molecule has 4 rings (SSSR count). The number of nitrogens with one attached hydrogen (secondary N) is 1. The first kappa shape index (κ1) is 18.4. The monoisotopic (exact) mass is 406 g/mol. The predicted molar refractivity (Wildman–Crippen MR) is 111 cm³/mol. The zero-order valence-electron chi connectivity index (χ0n) is 14.9. The third-order valence-corrected chi connectivity index (χ3v) is 5.32. The molecule has 0 spiro atoms. The highest BCUT2D eigenvalue weighted by Crippen LogP contribution is 2.28. The number of benzene rings is 2. The number of non-ortho nitro benzene ring substituents is 1. The summed E-state index contributed by atoms with van der Waals surface area (Å²) in [6.07, 6.45) is 3.36. The van der Waals surface area contributed by atoms with Gasteiger partial charge in [0.2, 0.25) is 0 Å². The average molecular weight is 406 g/mol. The Hall–Kier alpha value is -3.98. The van der Waals surface area contributed by atoms with E-state index in [-0.39, 0.29) is 11.4 Å². The Balaban J connectivity index is 1.49. The summed E-state index contributed by atoms with van der Waals surface area (Å²) >= 11 is 1.24. The molecular weight excluding hydrogens is 392 g/mol. The number of nitrogens with zero attached hydrogens (tertiary/aromatic N) is 3. The maximum absolute atomic E-state index is 12.4. The largest absolute Gasteiger partial charge is 0.508 e. The van der Waals surface area contributed by atoms with Crippen LogP contribution in [0.3, 0.4) is 0 Å². The second-order valence-corrected chi connectivity index (χ2v) is 7.19. The van der Waals surface area contributed by atoms with Crippen LogP contribution < -0.4 is 5.43 Å². The van der Waals surface area contributed by atoms with Crippen molar-refractivity contribution in [2.24, 2.45) is 5.10 Å². The fourth-order valence-corrected chi connectivity index (χ4v) is 3.75. The van der Waals surface area contributed by atoms with Crippen molar-refractivity contribution in [1.82, 2.24) is 9.99 Å². The minimum absolute atomic E-state index is 0.0183. The van der Waals surface area contributed by atoms with E-state index in [2.05, 4.69) is 10.5 Å². The van der Waals surface area contributed by atoms with Crippen LogP contribution in [0, 0.1) is 10.1 Å². The molecule has 0 atom stereocenters. The molecular formula is C20H14N4O4S. The number of hydrogen-bond acceptors (Lipinski definition) is 6. The fraction of sp³-hybridized carbons (Fsp3) is 0. The Kier molecular flexibility index (Phi) is 4.80. The molecule has 0 aliphatic heterocycles. The van der Waals surface area contributed by atoms with Gasteiger partial charge in [-0.15, -0.1) is 11.3 Å².